The van der Waals surface area contributed by atoms with Gasteiger partial charge in [0.05, 0.1) is 6.26 Å². The summed E-state index contributed by atoms with van der Waals surface area (Å²) in [7, 11) is -3.30. The Bertz CT molecular complexity index is 1280. The molecule has 0 radical (unpaired) electrons. The van der Waals surface area contributed by atoms with E-state index in [0.717, 1.165) is 30.5 Å². The molecule has 1 N–H and O–H groups in total. The van der Waals surface area contributed by atoms with Gasteiger partial charge in [0.1, 0.15) is 5.82 Å². The van der Waals surface area contributed by atoms with Crippen LogP contribution in [0.4, 0.5) is 17.6 Å². The van der Waals surface area contributed by atoms with Crippen molar-refractivity contribution in [3.05, 3.63) is 57.9 Å². The molecule has 2 aromatic carbocycles. The largest absolute Gasteiger partial charge is 0.421 e. The zero-order valence-electron chi connectivity index (χ0n) is 21.1. The van der Waals surface area contributed by atoms with Crippen molar-refractivity contribution in [2.75, 3.05) is 19.3 Å². The van der Waals surface area contributed by atoms with Crippen LogP contribution in [0.15, 0.2) is 30.3 Å². The van der Waals surface area contributed by atoms with Gasteiger partial charge in [0.2, 0.25) is 10.0 Å². The molecule has 2 aliphatic rings. The first-order valence-electron chi connectivity index (χ1n) is 12.1. The van der Waals surface area contributed by atoms with Gasteiger partial charge in [-0.2, -0.15) is 17.5 Å². The Balaban J connectivity index is 1.64. The van der Waals surface area contributed by atoms with Crippen molar-refractivity contribution in [1.29, 1.82) is 0 Å². The fraction of sp³-hybridized carbons (Fsp3) is 0.538. The molecular formula is C26H31ClF4N2O3S. The van der Waals surface area contributed by atoms with Crippen molar-refractivity contribution >= 4 is 21.6 Å². The third-order valence-corrected chi connectivity index (χ3v) is 9.16. The maximum Gasteiger partial charge on any atom is 0.421 e. The minimum atomic E-state index is -4.89. The third-order valence-electron chi connectivity index (χ3n) is 7.48. The average molecular weight is 563 g/mol. The molecule has 37 heavy (non-hydrogen) atoms. The van der Waals surface area contributed by atoms with Gasteiger partial charge in [-0.1, -0.05) is 43.6 Å². The van der Waals surface area contributed by atoms with Crippen LogP contribution in [0.2, 0.25) is 5.02 Å². The van der Waals surface area contributed by atoms with Crippen LogP contribution in [-0.2, 0) is 22.2 Å². The average Bonchev–Trinajstić information content (AvgIpc) is 3.06. The molecule has 2 bridgehead atoms. The fourth-order valence-corrected chi connectivity index (χ4v) is 7.24. The standard InChI is InChI=1S/C26H31ClF4N2O3S/c1-15(2)21-9-16(12-32-13-18-6-7-19(14-32)33(18)37(4,35)36)24(28)11-22(21)20-8-5-17(10-23(20)27)25(3,34)26(29,30)31/h5,8-11,15,18-19,34H,6-7,12-14H2,1-4H3. The second kappa shape index (κ2) is 9.79. The van der Waals surface area contributed by atoms with Crippen LogP contribution in [0.1, 0.15) is 56.2 Å². The first kappa shape index (κ1) is 28.3. The lowest BCUT2D eigenvalue weighted by Crippen LogP contribution is -2.55. The third kappa shape index (κ3) is 5.41. The van der Waals surface area contributed by atoms with Gasteiger partial charge in [0.25, 0.3) is 0 Å². The van der Waals surface area contributed by atoms with Gasteiger partial charge >= 0.3 is 6.18 Å². The number of rotatable bonds is 6. The van der Waals surface area contributed by atoms with Gasteiger partial charge in [-0.3, -0.25) is 4.90 Å². The van der Waals surface area contributed by atoms with Gasteiger partial charge in [-0.15, -0.1) is 0 Å². The summed E-state index contributed by atoms with van der Waals surface area (Å²) in [6.45, 7) is 5.89. The monoisotopic (exact) mass is 562 g/mol. The van der Waals surface area contributed by atoms with Gasteiger partial charge in [-0.25, -0.2) is 12.8 Å². The fourth-order valence-electron chi connectivity index (χ4n) is 5.53. The molecule has 2 aliphatic heterocycles. The molecule has 204 valence electrons. The predicted octanol–water partition coefficient (Wildman–Crippen LogP) is 5.65. The van der Waals surface area contributed by atoms with Crippen molar-refractivity contribution < 1.29 is 31.1 Å². The molecule has 2 aromatic rings. The van der Waals surface area contributed by atoms with E-state index >= 15 is 4.39 Å². The molecule has 0 amide bonds. The zero-order chi connectivity index (χ0) is 27.5. The summed E-state index contributed by atoms with van der Waals surface area (Å²) in [6, 6.07) is 6.48. The van der Waals surface area contributed by atoms with E-state index in [2.05, 4.69) is 4.90 Å². The summed E-state index contributed by atoms with van der Waals surface area (Å²) in [4.78, 5) is 2.08. The van der Waals surface area contributed by atoms with E-state index in [4.69, 9.17) is 11.6 Å². The first-order valence-corrected chi connectivity index (χ1v) is 14.4. The van der Waals surface area contributed by atoms with E-state index in [1.54, 1.807) is 10.4 Å². The summed E-state index contributed by atoms with van der Waals surface area (Å²) < 4.78 is 81.2. The lowest BCUT2D eigenvalue weighted by atomic mass is 9.88. The van der Waals surface area contributed by atoms with Crippen LogP contribution in [-0.4, -0.2) is 60.3 Å². The summed E-state index contributed by atoms with van der Waals surface area (Å²) in [5.41, 5.74) is -1.39. The highest BCUT2D eigenvalue weighted by molar-refractivity contribution is 7.88. The molecule has 2 heterocycles. The Morgan fingerprint density at radius 1 is 1.08 bits per heavy atom. The second-order valence-electron chi connectivity index (χ2n) is 10.6. The summed E-state index contributed by atoms with van der Waals surface area (Å²) in [6.07, 6.45) is -2.10. The van der Waals surface area contributed by atoms with E-state index in [0.29, 0.717) is 43.2 Å². The number of likely N-dealkylation sites (tertiary alicyclic amines) is 1. The highest BCUT2D eigenvalue weighted by Crippen LogP contribution is 2.42. The minimum Gasteiger partial charge on any atom is -0.376 e. The normalized spacial score (nSPS) is 23.0. The number of halogens is 5. The van der Waals surface area contributed by atoms with Crippen LogP contribution in [0.3, 0.4) is 0 Å². The number of piperazine rings is 1. The molecule has 0 aliphatic carbocycles. The predicted molar refractivity (Wildman–Crippen MR) is 135 cm³/mol. The quantitative estimate of drug-likeness (QED) is 0.462. The molecule has 3 unspecified atom stereocenters. The lowest BCUT2D eigenvalue weighted by Gasteiger charge is -2.39. The van der Waals surface area contributed by atoms with Crippen molar-refractivity contribution in [3.8, 4) is 11.1 Å². The summed E-state index contributed by atoms with van der Waals surface area (Å²) >= 11 is 6.37. The number of alkyl halides is 3. The van der Waals surface area contributed by atoms with E-state index in [1.807, 2.05) is 13.8 Å². The Labute approximate surface area is 220 Å². The SMILES string of the molecule is CC(C)c1cc(CN2CC3CCC(C2)N3S(C)(=O)=O)c(F)cc1-c1ccc(C(C)(O)C(F)(F)F)cc1Cl. The number of benzene rings is 2. The summed E-state index contributed by atoms with van der Waals surface area (Å²) in [5, 5.41) is 9.98. The van der Waals surface area contributed by atoms with Crippen molar-refractivity contribution in [2.45, 2.75) is 69.9 Å². The van der Waals surface area contributed by atoms with Gasteiger partial charge < -0.3 is 5.11 Å². The van der Waals surface area contributed by atoms with Crippen LogP contribution in [0, 0.1) is 5.82 Å². The Hall–Kier alpha value is -1.72. The molecule has 3 atom stereocenters. The Morgan fingerprint density at radius 3 is 2.16 bits per heavy atom. The smallest absolute Gasteiger partial charge is 0.376 e. The molecule has 2 fully saturated rings. The molecule has 4 rings (SSSR count). The number of nitrogens with zero attached hydrogens (tertiary/aromatic N) is 2. The van der Waals surface area contributed by atoms with Crippen molar-refractivity contribution in [1.82, 2.24) is 9.21 Å². The Kier molecular flexibility index (Phi) is 7.48. The molecular weight excluding hydrogens is 532 g/mol. The maximum atomic E-state index is 15.4. The number of fused-ring (bicyclic) bond motifs is 2. The number of hydrogen-bond acceptors (Lipinski definition) is 4. The van der Waals surface area contributed by atoms with E-state index in [9.17, 15) is 26.7 Å². The van der Waals surface area contributed by atoms with Crippen molar-refractivity contribution in [2.24, 2.45) is 0 Å². The van der Waals surface area contributed by atoms with E-state index < -0.39 is 33.2 Å². The van der Waals surface area contributed by atoms with Gasteiger partial charge in [-0.05, 0) is 54.5 Å². The highest BCUT2D eigenvalue weighted by atomic mass is 35.5. The molecule has 0 aromatic heterocycles. The van der Waals surface area contributed by atoms with Crippen molar-refractivity contribution in [3.63, 3.8) is 0 Å². The number of hydrogen-bond donors (Lipinski definition) is 1. The van der Waals surface area contributed by atoms with Crippen LogP contribution in [0.5, 0.6) is 0 Å². The highest BCUT2D eigenvalue weighted by Gasteiger charge is 2.51. The van der Waals surface area contributed by atoms with Crippen LogP contribution < -0.4 is 0 Å². The Morgan fingerprint density at radius 2 is 1.68 bits per heavy atom. The van der Waals surface area contributed by atoms with Gasteiger partial charge in [0.15, 0.2) is 5.60 Å². The molecule has 2 saturated heterocycles. The molecule has 11 heteroatoms. The topological polar surface area (TPSA) is 60.9 Å². The van der Waals surface area contributed by atoms with Crippen LogP contribution in [0.25, 0.3) is 11.1 Å². The minimum absolute atomic E-state index is 0.0236. The van der Waals surface area contributed by atoms with Gasteiger partial charge in [0, 0.05) is 47.9 Å². The lowest BCUT2D eigenvalue weighted by molar-refractivity contribution is -0.258. The van der Waals surface area contributed by atoms with E-state index in [1.165, 1.54) is 18.4 Å². The second-order valence-corrected chi connectivity index (χ2v) is 12.9. The first-order chi connectivity index (χ1) is 17.0. The zero-order valence-corrected chi connectivity index (χ0v) is 22.7. The summed E-state index contributed by atoms with van der Waals surface area (Å²) in [5.74, 6) is -0.513. The number of sulfonamides is 1. The molecule has 5 nitrogen and oxygen atoms in total. The number of aliphatic hydroxyl groups is 1. The molecule has 0 saturated carbocycles. The maximum absolute atomic E-state index is 15.4. The van der Waals surface area contributed by atoms with E-state index in [-0.39, 0.29) is 23.0 Å². The molecule has 0 spiro atoms. The van der Waals surface area contributed by atoms with Crippen LogP contribution >= 0.6 is 11.6 Å².